The molecule has 0 radical (unpaired) electrons. The smallest absolute Gasteiger partial charge is 0.462 e. The molecule has 0 aromatic carbocycles. The van der Waals surface area contributed by atoms with Crippen LogP contribution in [-0.4, -0.2) is 49.3 Å². The van der Waals surface area contributed by atoms with Crippen LogP contribution in [0.4, 0.5) is 0 Å². The van der Waals surface area contributed by atoms with Crippen LogP contribution in [0.5, 0.6) is 0 Å². The van der Waals surface area contributed by atoms with E-state index in [1.807, 2.05) is 0 Å². The van der Waals surface area contributed by atoms with Gasteiger partial charge in [0.2, 0.25) is 0 Å². The van der Waals surface area contributed by atoms with Crippen molar-refractivity contribution in [2.45, 2.75) is 225 Å². The van der Waals surface area contributed by atoms with Gasteiger partial charge in [0.25, 0.3) is 0 Å². The second-order valence-corrected chi connectivity index (χ2v) is 16.4. The number of phosphoric acid groups is 1. The lowest BCUT2D eigenvalue weighted by Gasteiger charge is -2.19. The summed E-state index contributed by atoms with van der Waals surface area (Å²) in [7, 11) is -4.37. The first-order valence-electron chi connectivity index (χ1n) is 22.2. The molecule has 53 heavy (non-hydrogen) atoms. The van der Waals surface area contributed by atoms with Crippen LogP contribution in [0.15, 0.2) is 12.2 Å². The third kappa shape index (κ3) is 40.2. The Kier molecular flexibility index (Phi) is 39.5. The highest BCUT2D eigenvalue weighted by atomic mass is 31.2. The van der Waals surface area contributed by atoms with E-state index in [2.05, 4.69) is 26.0 Å². The first-order valence-corrected chi connectivity index (χ1v) is 23.7. The first-order chi connectivity index (χ1) is 25.8. The number of hydrogen-bond donors (Lipinski definition) is 2. The summed E-state index contributed by atoms with van der Waals surface area (Å²) in [6.07, 6.45) is 41.0. The number of hydrogen-bond acceptors (Lipinski definition) is 8. The quantitative estimate of drug-likeness (QED) is 0.0269. The lowest BCUT2D eigenvalue weighted by Crippen LogP contribution is -2.29. The van der Waals surface area contributed by atoms with E-state index in [9.17, 15) is 19.0 Å². The van der Waals surface area contributed by atoms with Gasteiger partial charge in [0.05, 0.1) is 13.2 Å². The maximum atomic E-state index is 12.5. The highest BCUT2D eigenvalue weighted by Crippen LogP contribution is 2.43. The molecule has 2 unspecified atom stereocenters. The summed E-state index contributed by atoms with van der Waals surface area (Å²) in [4.78, 5) is 34.8. The fourth-order valence-corrected chi connectivity index (χ4v) is 7.10. The van der Waals surface area contributed by atoms with E-state index >= 15 is 0 Å². The van der Waals surface area contributed by atoms with Crippen molar-refractivity contribution >= 4 is 19.8 Å². The predicted molar refractivity (Wildman–Crippen MR) is 220 cm³/mol. The van der Waals surface area contributed by atoms with Crippen molar-refractivity contribution < 1.29 is 37.6 Å². The summed E-state index contributed by atoms with van der Waals surface area (Å²) < 4.78 is 32.8. The molecular formula is C43H84NO8P. The van der Waals surface area contributed by atoms with E-state index in [4.69, 9.17) is 24.3 Å². The van der Waals surface area contributed by atoms with Crippen LogP contribution >= 0.6 is 7.82 Å². The summed E-state index contributed by atoms with van der Waals surface area (Å²) in [6, 6.07) is 0. The van der Waals surface area contributed by atoms with Gasteiger partial charge in [-0.15, -0.1) is 0 Å². The molecule has 0 rings (SSSR count). The van der Waals surface area contributed by atoms with Crippen LogP contribution in [0.3, 0.4) is 0 Å². The number of carbonyl (C=O) groups is 2. The molecule has 0 aliphatic heterocycles. The van der Waals surface area contributed by atoms with Crippen molar-refractivity contribution in [1.82, 2.24) is 0 Å². The highest BCUT2D eigenvalue weighted by Gasteiger charge is 2.26. The summed E-state index contributed by atoms with van der Waals surface area (Å²) >= 11 is 0. The fourth-order valence-electron chi connectivity index (χ4n) is 6.34. The minimum Gasteiger partial charge on any atom is -0.462 e. The number of esters is 2. The molecule has 0 aromatic rings. The standard InChI is InChI=1S/C43H84NO8P/c1-3-5-7-9-11-13-15-17-18-19-20-21-22-24-25-27-29-31-33-35-42(45)49-39-41(40-51-53(47,48)50-38-37-44)52-43(46)36-34-32-30-28-26-23-16-14-12-10-8-6-4-2/h14,16,41H,3-13,15,17-40,44H2,1-2H3,(H,47,48). The van der Waals surface area contributed by atoms with E-state index in [-0.39, 0.29) is 38.6 Å². The maximum absolute atomic E-state index is 12.5. The van der Waals surface area contributed by atoms with Gasteiger partial charge in [0.15, 0.2) is 6.10 Å². The molecule has 0 saturated carbocycles. The minimum absolute atomic E-state index is 0.0548. The fraction of sp³-hybridized carbons (Fsp3) is 0.907. The molecule has 0 heterocycles. The van der Waals surface area contributed by atoms with E-state index in [1.165, 1.54) is 135 Å². The van der Waals surface area contributed by atoms with Crippen molar-refractivity contribution in [3.05, 3.63) is 12.2 Å². The molecule has 0 bridgehead atoms. The Labute approximate surface area is 326 Å². The molecule has 0 saturated heterocycles. The molecule has 3 N–H and O–H groups in total. The third-order valence-electron chi connectivity index (χ3n) is 9.65. The number of unbranched alkanes of at least 4 members (excludes halogenated alkanes) is 27. The Morgan fingerprint density at radius 3 is 1.36 bits per heavy atom. The van der Waals surface area contributed by atoms with E-state index in [1.54, 1.807) is 0 Å². The number of phosphoric ester groups is 1. The van der Waals surface area contributed by atoms with Crippen molar-refractivity contribution in [1.29, 1.82) is 0 Å². The Balaban J connectivity index is 4.07. The monoisotopic (exact) mass is 774 g/mol. The largest absolute Gasteiger partial charge is 0.472 e. The second-order valence-electron chi connectivity index (χ2n) is 14.9. The van der Waals surface area contributed by atoms with Crippen molar-refractivity contribution in [2.24, 2.45) is 5.73 Å². The van der Waals surface area contributed by atoms with Gasteiger partial charge < -0.3 is 20.1 Å². The number of carbonyl (C=O) groups excluding carboxylic acids is 2. The molecule has 2 atom stereocenters. The number of ether oxygens (including phenoxy) is 2. The first kappa shape index (κ1) is 51.8. The van der Waals surface area contributed by atoms with Gasteiger partial charge >= 0.3 is 19.8 Å². The van der Waals surface area contributed by atoms with Crippen LogP contribution in [0.1, 0.15) is 219 Å². The van der Waals surface area contributed by atoms with Crippen LogP contribution < -0.4 is 5.73 Å². The molecule has 0 aliphatic carbocycles. The number of allylic oxidation sites excluding steroid dienone is 2. The molecule has 0 amide bonds. The van der Waals surface area contributed by atoms with Crippen LogP contribution in [0.25, 0.3) is 0 Å². The molecule has 0 spiro atoms. The zero-order valence-electron chi connectivity index (χ0n) is 34.5. The molecule has 10 heteroatoms. The van der Waals surface area contributed by atoms with Gasteiger partial charge in [-0.05, 0) is 38.5 Å². The molecular weight excluding hydrogens is 689 g/mol. The van der Waals surface area contributed by atoms with Gasteiger partial charge in [-0.25, -0.2) is 4.57 Å². The molecule has 314 valence electrons. The molecule has 0 fully saturated rings. The molecule has 0 aliphatic rings. The van der Waals surface area contributed by atoms with E-state index < -0.39 is 26.5 Å². The summed E-state index contributed by atoms with van der Waals surface area (Å²) in [5.41, 5.74) is 5.34. The van der Waals surface area contributed by atoms with Crippen molar-refractivity contribution in [2.75, 3.05) is 26.4 Å². The SMILES string of the molecule is CCCCCCC=CCCCCCCCC(=O)OC(COC(=O)CCCCCCCCCCCCCCCCCCCCC)COP(=O)(O)OCCN. The minimum atomic E-state index is -4.37. The zero-order chi connectivity index (χ0) is 38.9. The zero-order valence-corrected chi connectivity index (χ0v) is 35.4. The van der Waals surface area contributed by atoms with Crippen molar-refractivity contribution in [3.8, 4) is 0 Å². The molecule has 0 aromatic heterocycles. The lowest BCUT2D eigenvalue weighted by molar-refractivity contribution is -0.161. The second kappa shape index (κ2) is 40.4. The lowest BCUT2D eigenvalue weighted by atomic mass is 10.0. The van der Waals surface area contributed by atoms with Gasteiger partial charge in [-0.2, -0.15) is 0 Å². The highest BCUT2D eigenvalue weighted by molar-refractivity contribution is 7.47. The van der Waals surface area contributed by atoms with E-state index in [0.29, 0.717) is 6.42 Å². The third-order valence-corrected chi connectivity index (χ3v) is 10.6. The Bertz CT molecular complexity index is 886. The Morgan fingerprint density at radius 1 is 0.547 bits per heavy atom. The Hall–Kier alpha value is -1.25. The average Bonchev–Trinajstić information content (AvgIpc) is 3.14. The normalized spacial score (nSPS) is 13.4. The number of rotatable bonds is 42. The van der Waals surface area contributed by atoms with Crippen LogP contribution in [0, 0.1) is 0 Å². The molecule has 9 nitrogen and oxygen atoms in total. The summed E-state index contributed by atoms with van der Waals surface area (Å²) in [6.45, 7) is 3.74. The van der Waals surface area contributed by atoms with Crippen molar-refractivity contribution in [3.63, 3.8) is 0 Å². The Morgan fingerprint density at radius 2 is 0.925 bits per heavy atom. The van der Waals surface area contributed by atoms with Gasteiger partial charge in [-0.1, -0.05) is 180 Å². The maximum Gasteiger partial charge on any atom is 0.472 e. The topological polar surface area (TPSA) is 134 Å². The summed E-state index contributed by atoms with van der Waals surface area (Å²) in [5.74, 6) is -0.828. The van der Waals surface area contributed by atoms with Gasteiger partial charge in [0.1, 0.15) is 6.61 Å². The predicted octanol–water partition coefficient (Wildman–Crippen LogP) is 12.6. The van der Waals surface area contributed by atoms with E-state index in [0.717, 1.165) is 51.4 Å². The van der Waals surface area contributed by atoms with Crippen LogP contribution in [-0.2, 0) is 32.7 Å². The number of nitrogens with two attached hydrogens (primary N) is 1. The van der Waals surface area contributed by atoms with Gasteiger partial charge in [0, 0.05) is 19.4 Å². The van der Waals surface area contributed by atoms with Crippen LogP contribution in [0.2, 0.25) is 0 Å². The van der Waals surface area contributed by atoms with Gasteiger partial charge in [-0.3, -0.25) is 18.6 Å². The summed E-state index contributed by atoms with van der Waals surface area (Å²) in [5, 5.41) is 0. The average molecular weight is 774 g/mol.